The third kappa shape index (κ3) is 14.3. The van der Waals surface area contributed by atoms with Crippen molar-refractivity contribution in [3.05, 3.63) is 35.9 Å². The van der Waals surface area contributed by atoms with Crippen LogP contribution in [-0.2, 0) is 6.42 Å². The highest BCUT2D eigenvalue weighted by molar-refractivity contribution is 5.15. The predicted octanol–water partition coefficient (Wildman–Crippen LogP) is 5.21. The predicted molar refractivity (Wildman–Crippen MR) is 116 cm³/mol. The second-order valence-corrected chi connectivity index (χ2v) is 7.63. The van der Waals surface area contributed by atoms with Crippen LogP contribution in [-0.4, -0.2) is 36.0 Å². The lowest BCUT2D eigenvalue weighted by Crippen LogP contribution is -2.30. The van der Waals surface area contributed by atoms with E-state index < -0.39 is 0 Å². The molecule has 0 bridgehead atoms. The second-order valence-electron chi connectivity index (χ2n) is 7.63. The smallest absolute Gasteiger partial charge is 0.0130 e. The van der Waals surface area contributed by atoms with Gasteiger partial charge in [-0.1, -0.05) is 108 Å². The fraction of sp³-hybridized carbons (Fsp3) is 0.739. The number of unbranched alkanes of at least 4 members (excludes halogenated alkanes) is 10. The molecule has 0 fully saturated rings. The summed E-state index contributed by atoms with van der Waals surface area (Å²) in [5, 5.41) is 0. The molecule has 0 radical (unpaired) electrons. The van der Waals surface area contributed by atoms with Crippen molar-refractivity contribution in [2.45, 2.75) is 96.4 Å². The Labute approximate surface area is 162 Å². The molecule has 1 atom stereocenters. The highest BCUT2D eigenvalue weighted by Gasteiger charge is 2.11. The zero-order valence-corrected chi connectivity index (χ0v) is 17.6. The minimum atomic E-state index is 0. The second kappa shape index (κ2) is 18.9. The van der Waals surface area contributed by atoms with Gasteiger partial charge in [-0.2, -0.15) is 0 Å². The number of rotatable bonds is 15. The average Bonchev–Trinajstić information content (AvgIpc) is 2.59. The van der Waals surface area contributed by atoms with Crippen molar-refractivity contribution in [3.8, 4) is 0 Å². The number of likely N-dealkylation sites (N-methyl/N-ethyl adjacent to an activating group) is 1. The van der Waals surface area contributed by atoms with Gasteiger partial charge in [0.1, 0.15) is 0 Å². The maximum absolute atomic E-state index is 2.41. The minimum Gasteiger partial charge on any atom is -0.412 e. The maximum Gasteiger partial charge on any atom is 0.0130 e. The molecule has 0 aliphatic carbocycles. The van der Waals surface area contributed by atoms with Crippen LogP contribution in [0.2, 0.25) is 0 Å². The van der Waals surface area contributed by atoms with Gasteiger partial charge in [-0.3, -0.25) is 0 Å². The summed E-state index contributed by atoms with van der Waals surface area (Å²) < 4.78 is 0. The molecular weight excluding hydrogens is 322 g/mol. The Morgan fingerprint density at radius 1 is 0.692 bits per heavy atom. The topological polar surface area (TPSA) is 66.2 Å². The van der Waals surface area contributed by atoms with Crippen molar-refractivity contribution in [3.63, 3.8) is 0 Å². The fourth-order valence-corrected chi connectivity index (χ4v) is 3.47. The van der Waals surface area contributed by atoms with Gasteiger partial charge < -0.3 is 15.9 Å². The van der Waals surface area contributed by atoms with E-state index in [9.17, 15) is 0 Å². The Balaban J connectivity index is 0. The average molecular weight is 368 g/mol. The molecule has 0 spiro atoms. The Morgan fingerprint density at radius 3 is 1.62 bits per heavy atom. The summed E-state index contributed by atoms with van der Waals surface area (Å²) in [6, 6.07) is 11.6. The Kier molecular flexibility index (Phi) is 19.8. The highest BCUT2D eigenvalue weighted by atomic mass is 16.0. The van der Waals surface area contributed by atoms with E-state index >= 15 is 0 Å². The van der Waals surface area contributed by atoms with Gasteiger partial charge in [-0.05, 0) is 32.5 Å². The van der Waals surface area contributed by atoms with Gasteiger partial charge in [-0.25, -0.2) is 0 Å². The summed E-state index contributed by atoms with van der Waals surface area (Å²) in [6.45, 7) is 2.29. The van der Waals surface area contributed by atoms with E-state index in [1.54, 1.807) is 0 Å². The normalized spacial score (nSPS) is 11.7. The molecule has 154 valence electrons. The van der Waals surface area contributed by atoms with Crippen LogP contribution < -0.4 is 0 Å². The van der Waals surface area contributed by atoms with Crippen molar-refractivity contribution >= 4 is 0 Å². The third-order valence-electron chi connectivity index (χ3n) is 5.19. The molecule has 0 aliphatic rings. The molecular formula is C23H45NO2. The fourth-order valence-electron chi connectivity index (χ4n) is 3.47. The first-order valence-electron chi connectivity index (χ1n) is 10.4. The van der Waals surface area contributed by atoms with E-state index in [0.29, 0.717) is 6.04 Å². The summed E-state index contributed by atoms with van der Waals surface area (Å²) in [4.78, 5) is 2.41. The standard InChI is InChI=1S/C23H41N.2H2O/c1-4-5-6-7-8-9-10-11-12-13-17-20-23(24(2)3)21-22-18-15-14-16-19-22;;/h14-16,18-19,23H,4-13,17,20-21H2,1-3H3;2*1H2. The molecule has 1 unspecified atom stereocenters. The molecule has 1 aromatic carbocycles. The molecule has 0 saturated heterocycles. The Bertz CT molecular complexity index is 381. The molecule has 3 heteroatoms. The summed E-state index contributed by atoms with van der Waals surface area (Å²) in [6.07, 6.45) is 18.2. The van der Waals surface area contributed by atoms with Gasteiger partial charge in [0.2, 0.25) is 0 Å². The van der Waals surface area contributed by atoms with Crippen LogP contribution in [0.1, 0.15) is 89.5 Å². The van der Waals surface area contributed by atoms with E-state index in [-0.39, 0.29) is 11.0 Å². The molecule has 3 nitrogen and oxygen atoms in total. The van der Waals surface area contributed by atoms with Gasteiger partial charge in [0.25, 0.3) is 0 Å². The molecule has 1 aromatic rings. The van der Waals surface area contributed by atoms with Crippen molar-refractivity contribution in [2.24, 2.45) is 0 Å². The van der Waals surface area contributed by atoms with Gasteiger partial charge in [-0.15, -0.1) is 0 Å². The quantitative estimate of drug-likeness (QED) is 0.392. The minimum absolute atomic E-state index is 0. The summed E-state index contributed by atoms with van der Waals surface area (Å²) in [7, 11) is 4.46. The van der Waals surface area contributed by atoms with E-state index in [1.807, 2.05) is 0 Å². The van der Waals surface area contributed by atoms with Gasteiger partial charge >= 0.3 is 0 Å². The Morgan fingerprint density at radius 2 is 1.15 bits per heavy atom. The molecule has 0 aliphatic heterocycles. The molecule has 0 amide bonds. The third-order valence-corrected chi connectivity index (χ3v) is 5.19. The first-order chi connectivity index (χ1) is 11.7. The van der Waals surface area contributed by atoms with Gasteiger partial charge in [0.15, 0.2) is 0 Å². The van der Waals surface area contributed by atoms with Crippen LogP contribution in [0.15, 0.2) is 30.3 Å². The molecule has 0 aromatic heterocycles. The molecule has 26 heavy (non-hydrogen) atoms. The van der Waals surface area contributed by atoms with Crippen molar-refractivity contribution < 1.29 is 11.0 Å². The van der Waals surface area contributed by atoms with Crippen molar-refractivity contribution in [2.75, 3.05) is 14.1 Å². The summed E-state index contributed by atoms with van der Waals surface area (Å²) in [5.74, 6) is 0. The number of nitrogens with zero attached hydrogens (tertiary/aromatic N) is 1. The van der Waals surface area contributed by atoms with Crippen LogP contribution in [0.25, 0.3) is 0 Å². The maximum atomic E-state index is 2.41. The SMILES string of the molecule is CCCCCCCCCCCCCC(Cc1ccccc1)N(C)C.O.O. The van der Waals surface area contributed by atoms with Crippen molar-refractivity contribution in [1.29, 1.82) is 0 Å². The lowest BCUT2D eigenvalue weighted by atomic mass is 9.98. The molecule has 0 heterocycles. The molecule has 1 rings (SSSR count). The Hall–Kier alpha value is -0.900. The number of benzene rings is 1. The molecule has 4 N–H and O–H groups in total. The van der Waals surface area contributed by atoms with E-state index in [4.69, 9.17) is 0 Å². The van der Waals surface area contributed by atoms with Crippen LogP contribution in [0, 0.1) is 0 Å². The zero-order chi connectivity index (χ0) is 17.5. The van der Waals surface area contributed by atoms with Gasteiger partial charge in [0.05, 0.1) is 0 Å². The van der Waals surface area contributed by atoms with Crippen LogP contribution in [0.3, 0.4) is 0 Å². The zero-order valence-electron chi connectivity index (χ0n) is 17.6. The number of hydrogen-bond acceptors (Lipinski definition) is 1. The number of hydrogen-bond donors (Lipinski definition) is 0. The van der Waals surface area contributed by atoms with E-state index in [1.165, 1.54) is 89.0 Å². The summed E-state index contributed by atoms with van der Waals surface area (Å²) >= 11 is 0. The first kappa shape index (κ1) is 27.3. The lowest BCUT2D eigenvalue weighted by Gasteiger charge is -2.24. The highest BCUT2D eigenvalue weighted by Crippen LogP contribution is 2.16. The van der Waals surface area contributed by atoms with Crippen LogP contribution in [0.4, 0.5) is 0 Å². The van der Waals surface area contributed by atoms with Crippen molar-refractivity contribution in [1.82, 2.24) is 4.90 Å². The monoisotopic (exact) mass is 367 g/mol. The van der Waals surface area contributed by atoms with E-state index in [0.717, 1.165) is 0 Å². The van der Waals surface area contributed by atoms with E-state index in [2.05, 4.69) is 56.3 Å². The van der Waals surface area contributed by atoms with Crippen LogP contribution in [0.5, 0.6) is 0 Å². The lowest BCUT2D eigenvalue weighted by molar-refractivity contribution is 0.269. The molecule has 0 saturated carbocycles. The first-order valence-corrected chi connectivity index (χ1v) is 10.4. The van der Waals surface area contributed by atoms with Gasteiger partial charge in [0, 0.05) is 6.04 Å². The summed E-state index contributed by atoms with van der Waals surface area (Å²) in [5.41, 5.74) is 1.47. The largest absolute Gasteiger partial charge is 0.412 e. The van der Waals surface area contributed by atoms with Crippen LogP contribution >= 0.6 is 0 Å².